The van der Waals surface area contributed by atoms with Crippen molar-refractivity contribution in [2.75, 3.05) is 0 Å². The van der Waals surface area contributed by atoms with Crippen LogP contribution in [0.1, 0.15) is 5.56 Å². The second-order valence-corrected chi connectivity index (χ2v) is 7.22. The highest BCUT2D eigenvalue weighted by Gasteiger charge is 2.71. The predicted octanol–water partition coefficient (Wildman–Crippen LogP) is 5.49. The van der Waals surface area contributed by atoms with Crippen molar-refractivity contribution in [1.82, 2.24) is 0 Å². The quantitative estimate of drug-likeness (QED) is 0.408. The number of halogens is 10. The fraction of sp³-hybridized carbons (Fsp3) is 0.400. The largest absolute Gasteiger partial charge is 0.433 e. The molecule has 0 fully saturated rings. The molecule has 0 radical (unpaired) electrons. The molecule has 1 aromatic rings. The van der Waals surface area contributed by atoms with Crippen LogP contribution in [0.15, 0.2) is 27.6 Å². The Balaban J connectivity index is 3.62. The van der Waals surface area contributed by atoms with Crippen LogP contribution in [0.5, 0.6) is 0 Å². The van der Waals surface area contributed by atoms with Crippen LogP contribution in [0.4, 0.5) is 35.1 Å². The Labute approximate surface area is 137 Å². The number of rotatable bonds is 4. The molecular weight excluding hydrogens is 480 g/mol. The van der Waals surface area contributed by atoms with Crippen molar-refractivity contribution in [2.45, 2.75) is 27.3 Å². The second kappa shape index (κ2) is 6.34. The first-order chi connectivity index (χ1) is 9.71. The Morgan fingerprint density at radius 1 is 1.00 bits per heavy atom. The van der Waals surface area contributed by atoms with Gasteiger partial charge in [0.1, 0.15) is 10.8 Å². The standard InChI is InChI=1S/C10H4Br2F8OS/c11-5-1-4(2-6(3-5)22(21)7(13)14)8(15,9(12,16)17)10(18,19)20/h1-3,7H. The van der Waals surface area contributed by atoms with E-state index in [0.29, 0.717) is 6.07 Å². The maximum Gasteiger partial charge on any atom is 0.433 e. The van der Waals surface area contributed by atoms with Crippen LogP contribution in [0.25, 0.3) is 0 Å². The first kappa shape index (κ1) is 19.8. The van der Waals surface area contributed by atoms with Crippen LogP contribution in [0.3, 0.4) is 0 Å². The van der Waals surface area contributed by atoms with Crippen molar-refractivity contribution < 1.29 is 39.3 Å². The van der Waals surface area contributed by atoms with Crippen LogP contribution < -0.4 is 0 Å². The van der Waals surface area contributed by atoms with Crippen molar-refractivity contribution in [1.29, 1.82) is 0 Å². The first-order valence-corrected chi connectivity index (χ1v) is 7.84. The summed E-state index contributed by atoms with van der Waals surface area (Å²) in [4.78, 5) is -6.01. The lowest BCUT2D eigenvalue weighted by Crippen LogP contribution is -2.49. The molecule has 0 aliphatic heterocycles. The van der Waals surface area contributed by atoms with Crippen molar-refractivity contribution in [3.63, 3.8) is 0 Å². The summed E-state index contributed by atoms with van der Waals surface area (Å²) in [5.41, 5.74) is -6.87. The van der Waals surface area contributed by atoms with E-state index >= 15 is 0 Å². The zero-order chi connectivity index (χ0) is 17.5. The fourth-order valence-corrected chi connectivity index (χ4v) is 3.26. The lowest BCUT2D eigenvalue weighted by Gasteiger charge is -2.32. The lowest BCUT2D eigenvalue weighted by atomic mass is 9.95. The molecule has 2 unspecified atom stereocenters. The summed E-state index contributed by atoms with van der Waals surface area (Å²) < 4.78 is 114. The van der Waals surface area contributed by atoms with Gasteiger partial charge in [0.25, 0.3) is 0 Å². The molecule has 0 spiro atoms. The van der Waals surface area contributed by atoms with Crippen LogP contribution in [-0.2, 0) is 16.5 Å². The minimum Gasteiger partial charge on any atom is -0.248 e. The van der Waals surface area contributed by atoms with Gasteiger partial charge in [-0.25, -0.2) is 8.60 Å². The molecule has 0 aromatic heterocycles. The first-order valence-electron chi connectivity index (χ1n) is 5.04. The molecule has 0 aliphatic carbocycles. The molecule has 1 nitrogen and oxygen atoms in total. The van der Waals surface area contributed by atoms with E-state index in [9.17, 15) is 39.3 Å². The molecule has 2 atom stereocenters. The highest BCUT2D eigenvalue weighted by molar-refractivity contribution is 9.10. The van der Waals surface area contributed by atoms with E-state index in [-0.39, 0.29) is 6.07 Å². The summed E-state index contributed by atoms with van der Waals surface area (Å²) in [5, 5.41) is 0. The molecule has 0 N–H and O–H groups in total. The minimum atomic E-state index is -6.07. The van der Waals surface area contributed by atoms with Gasteiger partial charge in [0.2, 0.25) is 0 Å². The van der Waals surface area contributed by atoms with E-state index < -0.39 is 48.2 Å². The molecule has 0 saturated heterocycles. The van der Waals surface area contributed by atoms with E-state index in [2.05, 4.69) is 15.9 Å². The summed E-state index contributed by atoms with van der Waals surface area (Å²) in [6.45, 7) is 0. The highest BCUT2D eigenvalue weighted by Crippen LogP contribution is 2.55. The summed E-state index contributed by atoms with van der Waals surface area (Å²) in [6, 6.07) is 1.12. The van der Waals surface area contributed by atoms with Gasteiger partial charge in [0, 0.05) is 14.9 Å². The SMILES string of the molecule is O=S(c1cc(Br)cc(C(F)(C(F)(F)F)C(F)(F)Br)c1)C(F)F. The Kier molecular flexibility index (Phi) is 5.71. The summed E-state index contributed by atoms with van der Waals surface area (Å²) in [7, 11) is -3.10. The average Bonchev–Trinajstić information content (AvgIpc) is 2.33. The molecule has 0 bridgehead atoms. The van der Waals surface area contributed by atoms with E-state index in [4.69, 9.17) is 0 Å². The highest BCUT2D eigenvalue weighted by atomic mass is 79.9. The van der Waals surface area contributed by atoms with Crippen molar-refractivity contribution in [3.05, 3.63) is 28.2 Å². The van der Waals surface area contributed by atoms with Gasteiger partial charge in [-0.2, -0.15) is 30.7 Å². The molecule has 0 aliphatic rings. The number of hydrogen-bond acceptors (Lipinski definition) is 1. The zero-order valence-electron chi connectivity index (χ0n) is 9.91. The van der Waals surface area contributed by atoms with Crippen molar-refractivity contribution in [2.24, 2.45) is 0 Å². The third-order valence-electron chi connectivity index (χ3n) is 2.44. The van der Waals surface area contributed by atoms with Crippen molar-refractivity contribution >= 4 is 42.7 Å². The fourth-order valence-electron chi connectivity index (χ4n) is 1.47. The second-order valence-electron chi connectivity index (χ2n) is 3.89. The Morgan fingerprint density at radius 3 is 1.86 bits per heavy atom. The van der Waals surface area contributed by atoms with Gasteiger partial charge < -0.3 is 0 Å². The Hall–Kier alpha value is -0.230. The van der Waals surface area contributed by atoms with Gasteiger partial charge in [0.15, 0.2) is 0 Å². The molecular formula is C10H4Br2F8OS. The molecule has 1 rings (SSSR count). The van der Waals surface area contributed by atoms with Gasteiger partial charge in [-0.15, -0.1) is 0 Å². The molecule has 22 heavy (non-hydrogen) atoms. The third kappa shape index (κ3) is 3.64. The number of hydrogen-bond donors (Lipinski definition) is 0. The summed E-state index contributed by atoms with van der Waals surface area (Å²) in [5.74, 6) is -3.48. The molecule has 126 valence electrons. The molecule has 0 amide bonds. The van der Waals surface area contributed by atoms with Crippen molar-refractivity contribution in [3.8, 4) is 0 Å². The van der Waals surface area contributed by atoms with E-state index in [1.54, 1.807) is 0 Å². The van der Waals surface area contributed by atoms with Gasteiger partial charge in [0.05, 0.1) is 0 Å². The lowest BCUT2D eigenvalue weighted by molar-refractivity contribution is -0.282. The molecule has 1 aromatic carbocycles. The predicted molar refractivity (Wildman–Crippen MR) is 69.3 cm³/mol. The smallest absolute Gasteiger partial charge is 0.248 e. The number of benzene rings is 1. The normalized spacial score (nSPS) is 17.4. The third-order valence-corrected chi connectivity index (χ3v) is 4.47. The van der Waals surface area contributed by atoms with Gasteiger partial charge in [-0.3, -0.25) is 0 Å². The zero-order valence-corrected chi connectivity index (χ0v) is 13.9. The maximum atomic E-state index is 14.1. The topological polar surface area (TPSA) is 17.1 Å². The Morgan fingerprint density at radius 2 is 1.50 bits per heavy atom. The molecule has 0 saturated carbocycles. The molecule has 0 heterocycles. The minimum absolute atomic E-state index is 0.0652. The monoisotopic (exact) mass is 482 g/mol. The molecule has 12 heteroatoms. The van der Waals surface area contributed by atoms with Gasteiger partial charge >= 0.3 is 22.4 Å². The maximum absolute atomic E-state index is 14.1. The van der Waals surface area contributed by atoms with Crippen LogP contribution >= 0.6 is 31.9 Å². The van der Waals surface area contributed by atoms with Crippen LogP contribution in [0, 0.1) is 0 Å². The Bertz CT molecular complexity index is 569. The van der Waals surface area contributed by atoms with E-state index in [1.807, 2.05) is 0 Å². The van der Waals surface area contributed by atoms with Gasteiger partial charge in [-0.05, 0) is 34.1 Å². The average molecular weight is 484 g/mol. The van der Waals surface area contributed by atoms with Crippen LogP contribution in [0.2, 0.25) is 0 Å². The van der Waals surface area contributed by atoms with Gasteiger partial charge in [-0.1, -0.05) is 15.9 Å². The van der Waals surface area contributed by atoms with E-state index in [1.165, 1.54) is 15.9 Å². The van der Waals surface area contributed by atoms with Crippen LogP contribution in [-0.4, -0.2) is 21.0 Å². The summed E-state index contributed by atoms with van der Waals surface area (Å²) in [6.07, 6.45) is -6.07. The number of alkyl halides is 9. The summed E-state index contributed by atoms with van der Waals surface area (Å²) >= 11 is 3.90. The van der Waals surface area contributed by atoms with E-state index in [0.717, 1.165) is 6.07 Å².